The molecule has 1 spiro atoms. The molecular weight excluding hydrogens is 455 g/mol. The molecule has 1 saturated carbocycles. The second kappa shape index (κ2) is 10.7. The van der Waals surface area contributed by atoms with Gasteiger partial charge in [-0.3, -0.25) is 14.5 Å². The van der Waals surface area contributed by atoms with Crippen molar-refractivity contribution in [3.05, 3.63) is 29.8 Å². The van der Waals surface area contributed by atoms with Crippen LogP contribution in [0.3, 0.4) is 0 Å². The Balaban J connectivity index is 0.000000406. The number of carbonyl (C=O) groups excluding carboxylic acids is 2. The van der Waals surface area contributed by atoms with Crippen LogP contribution in [0.1, 0.15) is 42.5 Å². The molecule has 1 aromatic carbocycles. The van der Waals surface area contributed by atoms with Crippen LogP contribution in [0.25, 0.3) is 0 Å². The van der Waals surface area contributed by atoms with Gasteiger partial charge in [0.05, 0.1) is 6.61 Å². The summed E-state index contributed by atoms with van der Waals surface area (Å²) in [4.78, 5) is 38.2. The molecule has 3 fully saturated rings. The van der Waals surface area contributed by atoms with Crippen LogP contribution >= 0.6 is 0 Å². The molecule has 2 aliphatic heterocycles. The van der Waals surface area contributed by atoms with Crippen molar-refractivity contribution in [2.24, 2.45) is 5.92 Å². The summed E-state index contributed by atoms with van der Waals surface area (Å²) in [7, 11) is 1.74. The largest absolute Gasteiger partial charge is 0.490 e. The molecule has 1 atom stereocenters. The van der Waals surface area contributed by atoms with E-state index in [1.807, 2.05) is 29.2 Å². The maximum Gasteiger partial charge on any atom is 0.490 e. The van der Waals surface area contributed by atoms with Crippen molar-refractivity contribution in [2.45, 2.75) is 43.8 Å². The lowest BCUT2D eigenvalue weighted by molar-refractivity contribution is -0.192. The Morgan fingerprint density at radius 3 is 2.29 bits per heavy atom. The van der Waals surface area contributed by atoms with Crippen molar-refractivity contribution in [1.29, 1.82) is 0 Å². The van der Waals surface area contributed by atoms with Gasteiger partial charge in [0, 0.05) is 56.0 Å². The predicted molar refractivity (Wildman–Crippen MR) is 117 cm³/mol. The molecule has 0 radical (unpaired) electrons. The highest BCUT2D eigenvalue weighted by Crippen LogP contribution is 2.38. The monoisotopic (exact) mass is 485 g/mol. The zero-order valence-corrected chi connectivity index (χ0v) is 19.1. The van der Waals surface area contributed by atoms with Gasteiger partial charge in [-0.2, -0.15) is 13.2 Å². The lowest BCUT2D eigenvalue weighted by atomic mass is 9.77. The number of ether oxygens (including phenoxy) is 1. The first kappa shape index (κ1) is 26.0. The minimum atomic E-state index is -5.08. The zero-order valence-electron chi connectivity index (χ0n) is 19.1. The number of hydrogen-bond acceptors (Lipinski definition) is 5. The summed E-state index contributed by atoms with van der Waals surface area (Å²) in [6, 6.07) is 7.33. The fraction of sp³-hybridized carbons (Fsp3) is 0.609. The van der Waals surface area contributed by atoms with Gasteiger partial charge in [-0.25, -0.2) is 4.79 Å². The van der Waals surface area contributed by atoms with E-state index in [1.165, 1.54) is 0 Å². The van der Waals surface area contributed by atoms with Gasteiger partial charge >= 0.3 is 12.1 Å². The van der Waals surface area contributed by atoms with Gasteiger partial charge < -0.3 is 20.1 Å². The Morgan fingerprint density at radius 1 is 1.15 bits per heavy atom. The second-order valence-electron chi connectivity index (χ2n) is 8.93. The third-order valence-corrected chi connectivity index (χ3v) is 6.52. The quantitative estimate of drug-likeness (QED) is 0.643. The number of piperidine rings is 1. The number of methoxy groups -OCH3 is 1. The van der Waals surface area contributed by atoms with E-state index in [1.54, 1.807) is 7.11 Å². The SMILES string of the molecule is COCCN1CCC12CCCN(C(=O)c1ccc(NC(=O)C3CC3)cc1)C2.O=C(O)C(F)(F)F. The molecule has 1 unspecified atom stereocenters. The van der Waals surface area contributed by atoms with Crippen LogP contribution < -0.4 is 5.32 Å². The molecule has 2 N–H and O–H groups in total. The van der Waals surface area contributed by atoms with E-state index >= 15 is 0 Å². The number of rotatable bonds is 6. The number of likely N-dealkylation sites (tertiary alicyclic amines) is 2. The minimum Gasteiger partial charge on any atom is -0.475 e. The van der Waals surface area contributed by atoms with Crippen molar-refractivity contribution >= 4 is 23.5 Å². The molecule has 2 amide bonds. The van der Waals surface area contributed by atoms with Crippen LogP contribution in [-0.4, -0.2) is 84.3 Å². The topological polar surface area (TPSA) is 99.2 Å². The molecule has 34 heavy (non-hydrogen) atoms. The number of carboxylic acid groups (broad SMARTS) is 1. The summed E-state index contributed by atoms with van der Waals surface area (Å²) in [5.41, 5.74) is 1.60. The van der Waals surface area contributed by atoms with Crippen molar-refractivity contribution in [1.82, 2.24) is 9.80 Å². The lowest BCUT2D eigenvalue weighted by Crippen LogP contribution is -2.67. The molecule has 1 aliphatic carbocycles. The first-order chi connectivity index (χ1) is 16.1. The Labute approximate surface area is 196 Å². The van der Waals surface area contributed by atoms with Gasteiger partial charge in [-0.15, -0.1) is 0 Å². The third kappa shape index (κ3) is 6.47. The molecule has 188 valence electrons. The molecule has 2 saturated heterocycles. The highest BCUT2D eigenvalue weighted by molar-refractivity contribution is 5.97. The van der Waals surface area contributed by atoms with Crippen molar-refractivity contribution in [2.75, 3.05) is 45.2 Å². The standard InChI is InChI=1S/C21H29N3O3.C2HF3O2/c1-27-14-13-24-12-10-21(24)9-2-11-23(15-21)20(26)17-5-7-18(8-6-17)22-19(25)16-3-4-16;3-2(4,5)1(6)7/h5-8,16H,2-4,9-15H2,1H3,(H,22,25);(H,6,7). The fourth-order valence-electron chi connectivity index (χ4n) is 4.35. The number of amides is 2. The number of anilines is 1. The number of aliphatic carboxylic acids is 1. The number of nitrogens with one attached hydrogen (secondary N) is 1. The van der Waals surface area contributed by atoms with E-state index in [0.717, 1.165) is 70.6 Å². The number of carboxylic acids is 1. The number of alkyl halides is 3. The molecule has 1 aromatic rings. The van der Waals surface area contributed by atoms with Crippen LogP contribution in [-0.2, 0) is 14.3 Å². The normalized spacial score (nSPS) is 22.4. The van der Waals surface area contributed by atoms with Crippen molar-refractivity contribution in [3.8, 4) is 0 Å². The Hall–Kier alpha value is -2.66. The van der Waals surface area contributed by atoms with Crippen LogP contribution in [0.15, 0.2) is 24.3 Å². The number of halogens is 3. The number of nitrogens with zero attached hydrogens (tertiary/aromatic N) is 2. The van der Waals surface area contributed by atoms with Gasteiger partial charge in [0.2, 0.25) is 5.91 Å². The molecule has 3 aliphatic rings. The minimum absolute atomic E-state index is 0.0905. The third-order valence-electron chi connectivity index (χ3n) is 6.52. The van der Waals surface area contributed by atoms with Crippen molar-refractivity contribution in [3.63, 3.8) is 0 Å². The highest BCUT2D eigenvalue weighted by atomic mass is 19.4. The van der Waals surface area contributed by atoms with E-state index in [0.29, 0.717) is 5.56 Å². The van der Waals surface area contributed by atoms with Gasteiger partial charge in [-0.1, -0.05) is 0 Å². The summed E-state index contributed by atoms with van der Waals surface area (Å²) < 4.78 is 37.0. The van der Waals surface area contributed by atoms with Crippen LogP contribution in [0.5, 0.6) is 0 Å². The summed E-state index contributed by atoms with van der Waals surface area (Å²) in [5, 5.41) is 10.0. The Kier molecular flexibility index (Phi) is 8.19. The Bertz CT molecular complexity index is 889. The smallest absolute Gasteiger partial charge is 0.475 e. The second-order valence-corrected chi connectivity index (χ2v) is 8.93. The summed E-state index contributed by atoms with van der Waals surface area (Å²) in [6.07, 6.45) is 0.255. The number of hydrogen-bond donors (Lipinski definition) is 2. The average Bonchev–Trinajstić information content (AvgIpc) is 3.64. The molecule has 11 heteroatoms. The van der Waals surface area contributed by atoms with Gasteiger partial charge in [0.1, 0.15) is 0 Å². The number of carbonyl (C=O) groups is 3. The van der Waals surface area contributed by atoms with Crippen LogP contribution in [0, 0.1) is 5.92 Å². The number of benzene rings is 1. The summed E-state index contributed by atoms with van der Waals surface area (Å²) >= 11 is 0. The molecule has 2 heterocycles. The van der Waals surface area contributed by atoms with Gasteiger partial charge in [0.15, 0.2) is 0 Å². The first-order valence-corrected chi connectivity index (χ1v) is 11.3. The molecule has 4 rings (SSSR count). The molecule has 0 bridgehead atoms. The van der Waals surface area contributed by atoms with E-state index in [2.05, 4.69) is 10.2 Å². The maximum absolute atomic E-state index is 13.0. The zero-order chi connectivity index (χ0) is 24.9. The first-order valence-electron chi connectivity index (χ1n) is 11.3. The van der Waals surface area contributed by atoms with Crippen LogP contribution in [0.4, 0.5) is 18.9 Å². The van der Waals surface area contributed by atoms with E-state index in [4.69, 9.17) is 14.6 Å². The summed E-state index contributed by atoms with van der Waals surface area (Å²) in [5.74, 6) is -2.40. The van der Waals surface area contributed by atoms with E-state index in [-0.39, 0.29) is 23.3 Å². The van der Waals surface area contributed by atoms with Crippen molar-refractivity contribution < 1.29 is 37.4 Å². The fourth-order valence-corrected chi connectivity index (χ4v) is 4.35. The molecular formula is C23H30F3N3O5. The Morgan fingerprint density at radius 2 is 1.79 bits per heavy atom. The predicted octanol–water partition coefficient (Wildman–Crippen LogP) is 3.00. The average molecular weight is 486 g/mol. The van der Waals surface area contributed by atoms with Gasteiger partial charge in [0.25, 0.3) is 5.91 Å². The van der Waals surface area contributed by atoms with Gasteiger partial charge in [-0.05, 0) is 56.4 Å². The maximum atomic E-state index is 13.0. The highest BCUT2D eigenvalue weighted by Gasteiger charge is 2.47. The van der Waals surface area contributed by atoms with E-state index in [9.17, 15) is 22.8 Å². The molecule has 8 nitrogen and oxygen atoms in total. The van der Waals surface area contributed by atoms with Crippen LogP contribution in [0.2, 0.25) is 0 Å². The molecule has 0 aromatic heterocycles. The summed E-state index contributed by atoms with van der Waals surface area (Å²) in [6.45, 7) is 4.40. The lowest BCUT2D eigenvalue weighted by Gasteiger charge is -2.57. The van der Waals surface area contributed by atoms with E-state index < -0.39 is 12.1 Å².